The average molecular weight is 418 g/mol. The van der Waals surface area contributed by atoms with Crippen LogP contribution in [0.2, 0.25) is 0 Å². The second-order valence-corrected chi connectivity index (χ2v) is 6.99. The van der Waals surface area contributed by atoms with E-state index in [9.17, 15) is 8.78 Å². The molecule has 0 saturated heterocycles. The largest absolute Gasteiger partial charge is 0.493 e. The Bertz CT molecular complexity index is 688. The van der Waals surface area contributed by atoms with Crippen LogP contribution >= 0.6 is 31.9 Å². The first kappa shape index (κ1) is 15.0. The molecule has 0 aromatic heterocycles. The standard InChI is InChI=1S/C16H12Br2F2O/c17-11-6-10-4-5-21-16(10)12(8-11)13(18)7-9-2-1-3-14(19)15(9)20/h1-3,6,8,13H,4-5,7H2. The molecule has 1 unspecified atom stereocenters. The highest BCUT2D eigenvalue weighted by Crippen LogP contribution is 2.41. The van der Waals surface area contributed by atoms with Crippen LogP contribution in [0, 0.1) is 11.6 Å². The lowest BCUT2D eigenvalue weighted by Gasteiger charge is -2.15. The van der Waals surface area contributed by atoms with Crippen LogP contribution in [0.4, 0.5) is 8.78 Å². The van der Waals surface area contributed by atoms with E-state index in [0.29, 0.717) is 18.6 Å². The molecule has 2 aromatic rings. The highest BCUT2D eigenvalue weighted by atomic mass is 79.9. The van der Waals surface area contributed by atoms with Gasteiger partial charge in [0.25, 0.3) is 0 Å². The molecule has 2 aromatic carbocycles. The van der Waals surface area contributed by atoms with Gasteiger partial charge in [-0.3, -0.25) is 0 Å². The fourth-order valence-corrected chi connectivity index (χ4v) is 3.75. The van der Waals surface area contributed by atoms with Crippen molar-refractivity contribution in [2.24, 2.45) is 0 Å². The molecule has 0 N–H and O–H groups in total. The van der Waals surface area contributed by atoms with Crippen molar-refractivity contribution < 1.29 is 13.5 Å². The van der Waals surface area contributed by atoms with Crippen LogP contribution in [0.1, 0.15) is 21.5 Å². The maximum Gasteiger partial charge on any atom is 0.162 e. The Labute approximate surface area is 138 Å². The number of hydrogen-bond donors (Lipinski definition) is 0. The molecule has 110 valence electrons. The van der Waals surface area contributed by atoms with E-state index in [0.717, 1.165) is 33.8 Å². The molecule has 1 heterocycles. The summed E-state index contributed by atoms with van der Waals surface area (Å²) in [4.78, 5) is -0.141. The topological polar surface area (TPSA) is 9.23 Å². The monoisotopic (exact) mass is 416 g/mol. The quantitative estimate of drug-likeness (QED) is 0.612. The lowest BCUT2D eigenvalue weighted by atomic mass is 10.0. The average Bonchev–Trinajstić information content (AvgIpc) is 2.90. The molecule has 21 heavy (non-hydrogen) atoms. The van der Waals surface area contributed by atoms with Crippen molar-refractivity contribution in [2.45, 2.75) is 17.7 Å². The predicted molar refractivity (Wildman–Crippen MR) is 85.1 cm³/mol. The summed E-state index contributed by atoms with van der Waals surface area (Å²) < 4.78 is 33.7. The maximum absolute atomic E-state index is 13.8. The molecule has 3 rings (SSSR count). The number of ether oxygens (including phenoxy) is 1. The molecule has 0 bridgehead atoms. The minimum absolute atomic E-state index is 0.141. The second kappa shape index (κ2) is 6.05. The summed E-state index contributed by atoms with van der Waals surface area (Å²) >= 11 is 7.06. The number of alkyl halides is 1. The van der Waals surface area contributed by atoms with E-state index in [-0.39, 0.29) is 4.83 Å². The van der Waals surface area contributed by atoms with Gasteiger partial charge in [0.05, 0.1) is 6.61 Å². The summed E-state index contributed by atoms with van der Waals surface area (Å²) in [6, 6.07) is 8.25. The summed E-state index contributed by atoms with van der Waals surface area (Å²) in [6.45, 7) is 0.660. The number of rotatable bonds is 3. The first-order valence-electron chi connectivity index (χ1n) is 6.58. The van der Waals surface area contributed by atoms with Crippen LogP contribution in [0.15, 0.2) is 34.8 Å². The Hall–Kier alpha value is -0.940. The van der Waals surface area contributed by atoms with Gasteiger partial charge in [-0.1, -0.05) is 44.0 Å². The van der Waals surface area contributed by atoms with Gasteiger partial charge in [-0.05, 0) is 35.7 Å². The van der Waals surface area contributed by atoms with E-state index in [1.807, 2.05) is 12.1 Å². The zero-order chi connectivity index (χ0) is 15.0. The van der Waals surface area contributed by atoms with Crippen LogP contribution < -0.4 is 4.74 Å². The van der Waals surface area contributed by atoms with Crippen molar-refractivity contribution in [3.63, 3.8) is 0 Å². The molecule has 1 nitrogen and oxygen atoms in total. The van der Waals surface area contributed by atoms with Crippen molar-refractivity contribution in [3.05, 3.63) is 63.1 Å². The maximum atomic E-state index is 13.8. The van der Waals surface area contributed by atoms with Crippen molar-refractivity contribution in [3.8, 4) is 5.75 Å². The molecule has 5 heteroatoms. The second-order valence-electron chi connectivity index (χ2n) is 4.97. The Morgan fingerprint density at radius 2 is 2.05 bits per heavy atom. The molecule has 0 saturated carbocycles. The third-order valence-corrected chi connectivity index (χ3v) is 4.82. The van der Waals surface area contributed by atoms with Crippen molar-refractivity contribution >= 4 is 31.9 Å². The van der Waals surface area contributed by atoms with Gasteiger partial charge in [-0.2, -0.15) is 0 Å². The highest BCUT2D eigenvalue weighted by Gasteiger charge is 2.23. The minimum Gasteiger partial charge on any atom is -0.493 e. The number of hydrogen-bond acceptors (Lipinski definition) is 1. The van der Waals surface area contributed by atoms with E-state index in [4.69, 9.17) is 4.74 Å². The van der Waals surface area contributed by atoms with Gasteiger partial charge in [0.15, 0.2) is 11.6 Å². The summed E-state index contributed by atoms with van der Waals surface area (Å²) in [6.07, 6.45) is 1.23. The van der Waals surface area contributed by atoms with Crippen molar-refractivity contribution in [1.82, 2.24) is 0 Å². The zero-order valence-corrected chi connectivity index (χ0v) is 14.2. The van der Waals surface area contributed by atoms with Crippen molar-refractivity contribution in [1.29, 1.82) is 0 Å². The Morgan fingerprint density at radius 1 is 1.24 bits per heavy atom. The van der Waals surface area contributed by atoms with E-state index in [1.54, 1.807) is 6.07 Å². The molecular formula is C16H12Br2F2O. The lowest BCUT2D eigenvalue weighted by molar-refractivity contribution is 0.353. The van der Waals surface area contributed by atoms with Gasteiger partial charge < -0.3 is 4.74 Å². The van der Waals surface area contributed by atoms with Crippen LogP contribution in [0.3, 0.4) is 0 Å². The van der Waals surface area contributed by atoms with Gasteiger partial charge in [0, 0.05) is 21.3 Å². The number of benzene rings is 2. The molecule has 0 aliphatic carbocycles. The summed E-state index contributed by atoms with van der Waals surface area (Å²) in [5.41, 5.74) is 2.45. The van der Waals surface area contributed by atoms with Gasteiger partial charge in [0.1, 0.15) is 5.75 Å². The Kier molecular flexibility index (Phi) is 4.31. The predicted octanol–water partition coefficient (Wildman–Crippen LogP) is 5.34. The van der Waals surface area contributed by atoms with Crippen LogP contribution in [0.5, 0.6) is 5.75 Å². The molecular weight excluding hydrogens is 406 g/mol. The SMILES string of the molecule is Fc1cccc(CC(Br)c2cc(Br)cc3c2OCC3)c1F. The molecule has 0 radical (unpaired) electrons. The third-order valence-electron chi connectivity index (χ3n) is 3.55. The van der Waals surface area contributed by atoms with E-state index in [2.05, 4.69) is 31.9 Å². The summed E-state index contributed by atoms with van der Waals surface area (Å²) in [7, 11) is 0. The number of halogens is 4. The van der Waals surface area contributed by atoms with E-state index < -0.39 is 11.6 Å². The van der Waals surface area contributed by atoms with E-state index in [1.165, 1.54) is 6.07 Å². The molecule has 1 aliphatic heterocycles. The van der Waals surface area contributed by atoms with Crippen LogP contribution in [-0.4, -0.2) is 6.61 Å². The minimum atomic E-state index is -0.817. The van der Waals surface area contributed by atoms with Gasteiger partial charge in [0.2, 0.25) is 0 Å². The fraction of sp³-hybridized carbons (Fsp3) is 0.250. The lowest BCUT2D eigenvalue weighted by Crippen LogP contribution is -2.02. The molecule has 0 fully saturated rings. The van der Waals surface area contributed by atoms with Crippen LogP contribution in [-0.2, 0) is 12.8 Å². The molecule has 0 spiro atoms. The zero-order valence-electron chi connectivity index (χ0n) is 11.0. The highest BCUT2D eigenvalue weighted by molar-refractivity contribution is 9.10. The molecule has 0 amide bonds. The number of fused-ring (bicyclic) bond motifs is 1. The first-order valence-corrected chi connectivity index (χ1v) is 8.29. The van der Waals surface area contributed by atoms with E-state index >= 15 is 0 Å². The van der Waals surface area contributed by atoms with Crippen molar-refractivity contribution in [2.75, 3.05) is 6.61 Å². The Morgan fingerprint density at radius 3 is 2.86 bits per heavy atom. The van der Waals surface area contributed by atoms with Gasteiger partial charge in [-0.25, -0.2) is 8.78 Å². The van der Waals surface area contributed by atoms with Gasteiger partial charge >= 0.3 is 0 Å². The Balaban J connectivity index is 1.93. The fourth-order valence-electron chi connectivity index (χ4n) is 2.54. The summed E-state index contributed by atoms with van der Waals surface area (Å²) in [5, 5.41) is 0. The molecule has 1 aliphatic rings. The summed E-state index contributed by atoms with van der Waals surface area (Å²) in [5.74, 6) is -0.741. The smallest absolute Gasteiger partial charge is 0.162 e. The normalized spacial score (nSPS) is 14.7. The third kappa shape index (κ3) is 2.99. The van der Waals surface area contributed by atoms with Crippen LogP contribution in [0.25, 0.3) is 0 Å². The first-order chi connectivity index (χ1) is 10.1. The van der Waals surface area contributed by atoms with Gasteiger partial charge in [-0.15, -0.1) is 0 Å². The molecule has 1 atom stereocenters.